The highest BCUT2D eigenvalue weighted by Crippen LogP contribution is 2.34. The van der Waals surface area contributed by atoms with Gasteiger partial charge in [0.2, 0.25) is 0 Å². The van der Waals surface area contributed by atoms with Gasteiger partial charge in [0.05, 0.1) is 11.2 Å². The van der Waals surface area contributed by atoms with Crippen LogP contribution in [0.1, 0.15) is 12.8 Å². The van der Waals surface area contributed by atoms with Gasteiger partial charge in [-0.2, -0.15) is 0 Å². The molecule has 0 aliphatic carbocycles. The van der Waals surface area contributed by atoms with Crippen molar-refractivity contribution in [3.8, 4) is 0 Å². The molecule has 1 aromatic carbocycles. The molecule has 3 heterocycles. The number of nitrogens with zero attached hydrogens (tertiary/aromatic N) is 3. The number of nitrogens with two attached hydrogens (primary N) is 1. The first-order valence-corrected chi connectivity index (χ1v) is 8.88. The predicted octanol–water partition coefficient (Wildman–Crippen LogP) is 3.66. The molecule has 0 radical (unpaired) electrons. The number of hydrogen-bond donors (Lipinski definition) is 1. The Kier molecular flexibility index (Phi) is 4.16. The van der Waals surface area contributed by atoms with Crippen LogP contribution >= 0.6 is 11.9 Å². The summed E-state index contributed by atoms with van der Waals surface area (Å²) in [6, 6.07) is 10.8. The number of pyridine rings is 1. The average molecular weight is 342 g/mol. The van der Waals surface area contributed by atoms with Crippen LogP contribution in [-0.4, -0.2) is 28.1 Å². The predicted molar refractivity (Wildman–Crippen MR) is 96.8 cm³/mol. The lowest BCUT2D eigenvalue weighted by molar-refractivity contribution is 0.507. The highest BCUT2D eigenvalue weighted by molar-refractivity contribution is 7.98. The van der Waals surface area contributed by atoms with Crippen LogP contribution in [0.15, 0.2) is 53.7 Å². The van der Waals surface area contributed by atoms with Crippen molar-refractivity contribution in [1.82, 2.24) is 8.96 Å². The Morgan fingerprint density at radius 3 is 3.00 bits per heavy atom. The summed E-state index contributed by atoms with van der Waals surface area (Å²) in [5.74, 6) is -0.225. The Labute approximate surface area is 144 Å². The van der Waals surface area contributed by atoms with E-state index in [0.29, 0.717) is 0 Å². The maximum atomic E-state index is 13.5. The zero-order valence-electron chi connectivity index (χ0n) is 13.2. The molecule has 0 amide bonds. The molecular formula is C18H19FN4S. The van der Waals surface area contributed by atoms with Crippen molar-refractivity contribution < 1.29 is 4.39 Å². The van der Waals surface area contributed by atoms with Crippen molar-refractivity contribution in [3.63, 3.8) is 0 Å². The van der Waals surface area contributed by atoms with Crippen LogP contribution in [0.2, 0.25) is 0 Å². The topological polar surface area (TPSA) is 47.1 Å². The van der Waals surface area contributed by atoms with Gasteiger partial charge in [0, 0.05) is 36.4 Å². The van der Waals surface area contributed by atoms with E-state index in [1.54, 1.807) is 12.1 Å². The summed E-state index contributed by atoms with van der Waals surface area (Å²) < 4.78 is 15.5. The zero-order chi connectivity index (χ0) is 16.5. The van der Waals surface area contributed by atoms with Gasteiger partial charge in [0.25, 0.3) is 0 Å². The molecule has 0 spiro atoms. The van der Waals surface area contributed by atoms with Crippen LogP contribution in [0, 0.1) is 5.82 Å². The molecule has 1 atom stereocenters. The van der Waals surface area contributed by atoms with E-state index in [1.165, 1.54) is 18.0 Å². The molecule has 1 aliphatic heterocycles. The maximum Gasteiger partial charge on any atom is 0.124 e. The van der Waals surface area contributed by atoms with Crippen molar-refractivity contribution in [3.05, 3.63) is 54.6 Å². The highest BCUT2D eigenvalue weighted by atomic mass is 32.2. The Hall–Kier alpha value is -2.05. The van der Waals surface area contributed by atoms with E-state index in [-0.39, 0.29) is 11.9 Å². The first-order chi connectivity index (χ1) is 11.7. The molecule has 4 rings (SSSR count). The lowest BCUT2D eigenvalue weighted by atomic mass is 10.1. The molecular weight excluding hydrogens is 323 g/mol. The second kappa shape index (κ2) is 6.45. The number of piperidine rings is 1. The van der Waals surface area contributed by atoms with Crippen LogP contribution in [0.25, 0.3) is 11.0 Å². The van der Waals surface area contributed by atoms with Gasteiger partial charge >= 0.3 is 0 Å². The third-order valence-corrected chi connectivity index (χ3v) is 5.27. The Balaban J connectivity index is 1.73. The zero-order valence-corrected chi connectivity index (χ0v) is 14.0. The summed E-state index contributed by atoms with van der Waals surface area (Å²) in [6.45, 7) is 1.84. The van der Waals surface area contributed by atoms with Crippen LogP contribution in [0.4, 0.5) is 10.1 Å². The number of halogens is 1. The smallest absolute Gasteiger partial charge is 0.124 e. The quantitative estimate of drug-likeness (QED) is 0.789. The minimum Gasteiger partial charge on any atom is -0.367 e. The minimum absolute atomic E-state index is 0.205. The van der Waals surface area contributed by atoms with E-state index in [0.717, 1.165) is 47.5 Å². The van der Waals surface area contributed by atoms with Crippen molar-refractivity contribution in [2.75, 3.05) is 18.0 Å². The summed E-state index contributed by atoms with van der Waals surface area (Å²) in [6.07, 6.45) is 6.07. The van der Waals surface area contributed by atoms with Crippen molar-refractivity contribution in [1.29, 1.82) is 0 Å². The fourth-order valence-electron chi connectivity index (χ4n) is 3.19. The summed E-state index contributed by atoms with van der Waals surface area (Å²) in [5.41, 5.74) is 9.24. The van der Waals surface area contributed by atoms with Gasteiger partial charge in [-0.15, -0.1) is 0 Å². The Morgan fingerprint density at radius 2 is 2.17 bits per heavy atom. The molecule has 1 unspecified atom stereocenters. The summed E-state index contributed by atoms with van der Waals surface area (Å²) in [4.78, 5) is 7.74. The molecule has 24 heavy (non-hydrogen) atoms. The third kappa shape index (κ3) is 2.99. The third-order valence-electron chi connectivity index (χ3n) is 4.30. The van der Waals surface area contributed by atoms with Gasteiger partial charge in [0.1, 0.15) is 11.3 Å². The molecule has 124 valence electrons. The first-order valence-electron chi connectivity index (χ1n) is 8.11. The molecule has 2 N–H and O–H groups in total. The number of aromatic nitrogens is 2. The molecule has 1 aliphatic rings. The van der Waals surface area contributed by atoms with Crippen LogP contribution < -0.4 is 10.6 Å². The van der Waals surface area contributed by atoms with Gasteiger partial charge in [0.15, 0.2) is 0 Å². The number of rotatable bonds is 3. The second-order valence-electron chi connectivity index (χ2n) is 6.11. The fourth-order valence-corrected chi connectivity index (χ4v) is 4.12. The SMILES string of the molecule is NC1CCCN(c2cn(Sc3cccc(F)c3)c3cccnc23)C1. The molecule has 2 aromatic heterocycles. The van der Waals surface area contributed by atoms with E-state index in [9.17, 15) is 4.39 Å². The van der Waals surface area contributed by atoms with Gasteiger partial charge in [-0.1, -0.05) is 6.07 Å². The highest BCUT2D eigenvalue weighted by Gasteiger charge is 2.21. The molecule has 1 fully saturated rings. The van der Waals surface area contributed by atoms with Crippen LogP contribution in [-0.2, 0) is 0 Å². The number of benzene rings is 1. The van der Waals surface area contributed by atoms with Crippen molar-refractivity contribution in [2.24, 2.45) is 5.73 Å². The Bertz CT molecular complexity index is 863. The van der Waals surface area contributed by atoms with Gasteiger partial charge in [-0.25, -0.2) is 4.39 Å². The normalized spacial score (nSPS) is 18.2. The molecule has 3 aromatic rings. The number of hydrogen-bond acceptors (Lipinski definition) is 4. The molecule has 6 heteroatoms. The van der Waals surface area contributed by atoms with Crippen molar-refractivity contribution >= 4 is 28.7 Å². The van der Waals surface area contributed by atoms with Gasteiger partial charge in [-0.3, -0.25) is 8.96 Å². The molecule has 1 saturated heterocycles. The lowest BCUT2D eigenvalue weighted by Crippen LogP contribution is -2.42. The lowest BCUT2D eigenvalue weighted by Gasteiger charge is -2.31. The molecule has 0 saturated carbocycles. The van der Waals surface area contributed by atoms with E-state index in [4.69, 9.17) is 5.73 Å². The largest absolute Gasteiger partial charge is 0.367 e. The van der Waals surface area contributed by atoms with Crippen molar-refractivity contribution in [2.45, 2.75) is 23.8 Å². The fraction of sp³-hybridized carbons (Fsp3) is 0.278. The maximum absolute atomic E-state index is 13.5. The average Bonchev–Trinajstić information content (AvgIpc) is 2.94. The van der Waals surface area contributed by atoms with Crippen LogP contribution in [0.3, 0.4) is 0 Å². The van der Waals surface area contributed by atoms with E-state index in [2.05, 4.69) is 20.1 Å². The number of fused-ring (bicyclic) bond motifs is 1. The van der Waals surface area contributed by atoms with E-state index >= 15 is 0 Å². The molecule has 0 bridgehead atoms. The number of anilines is 1. The summed E-state index contributed by atoms with van der Waals surface area (Å²) in [7, 11) is 0. The van der Waals surface area contributed by atoms with Crippen LogP contribution in [0.5, 0.6) is 0 Å². The molecule has 4 nitrogen and oxygen atoms in total. The minimum atomic E-state index is -0.225. The summed E-state index contributed by atoms with van der Waals surface area (Å²) in [5, 5.41) is 0. The second-order valence-corrected chi connectivity index (χ2v) is 7.16. The first kappa shape index (κ1) is 15.5. The Morgan fingerprint density at radius 1 is 1.25 bits per heavy atom. The summed E-state index contributed by atoms with van der Waals surface area (Å²) >= 11 is 1.50. The van der Waals surface area contributed by atoms with E-state index < -0.39 is 0 Å². The van der Waals surface area contributed by atoms with E-state index in [1.807, 2.05) is 24.4 Å². The van der Waals surface area contributed by atoms with Gasteiger partial charge in [-0.05, 0) is 55.1 Å². The standard InChI is InChI=1S/C18H19FN4S/c19-13-4-1-6-15(10-13)24-23-12-17(18-16(23)7-2-8-21-18)22-9-3-5-14(20)11-22/h1-2,4,6-8,10,12,14H,3,5,9,11,20H2. The van der Waals surface area contributed by atoms with Gasteiger partial charge < -0.3 is 10.6 Å². The monoisotopic (exact) mass is 342 g/mol.